The maximum absolute atomic E-state index is 6.40. The quantitative estimate of drug-likeness (QED) is 0.876. The number of benzene rings is 1. The molecule has 140 valence electrons. The zero-order valence-corrected chi connectivity index (χ0v) is 15.2. The molecule has 0 bridgehead atoms. The molecule has 7 heteroatoms. The summed E-state index contributed by atoms with van der Waals surface area (Å²) in [6, 6.07) is 6.38. The van der Waals surface area contributed by atoms with Gasteiger partial charge in [0, 0.05) is 30.6 Å². The summed E-state index contributed by atoms with van der Waals surface area (Å²) in [6.45, 7) is 0.408. The van der Waals surface area contributed by atoms with Gasteiger partial charge in [0.25, 0.3) is 6.02 Å². The van der Waals surface area contributed by atoms with Crippen molar-refractivity contribution in [1.82, 2.24) is 9.97 Å². The number of hydrogen-bond donors (Lipinski definition) is 1. The molecule has 0 radical (unpaired) electrons. The molecule has 4 atom stereocenters. The van der Waals surface area contributed by atoms with Crippen LogP contribution in [-0.4, -0.2) is 41.9 Å². The maximum Gasteiger partial charge on any atom is 0.283 e. The van der Waals surface area contributed by atoms with Crippen LogP contribution in [0.5, 0.6) is 5.75 Å². The molecule has 1 aromatic heterocycles. The van der Waals surface area contributed by atoms with Gasteiger partial charge in [0.05, 0.1) is 12.0 Å². The molecule has 4 unspecified atom stereocenters. The molecular formula is C20H22N4O3. The fourth-order valence-electron chi connectivity index (χ4n) is 4.83. The summed E-state index contributed by atoms with van der Waals surface area (Å²) in [5, 5.41) is 0. The molecular weight excluding hydrogens is 344 g/mol. The highest BCUT2D eigenvalue weighted by Gasteiger charge is 2.57. The Bertz CT molecular complexity index is 888. The van der Waals surface area contributed by atoms with Crippen LogP contribution in [0.2, 0.25) is 0 Å². The summed E-state index contributed by atoms with van der Waals surface area (Å²) >= 11 is 0. The van der Waals surface area contributed by atoms with Gasteiger partial charge < -0.3 is 19.9 Å². The number of ether oxygens (including phenoxy) is 3. The molecule has 3 heterocycles. The lowest BCUT2D eigenvalue weighted by atomic mass is 9.66. The number of amidine groups is 1. The summed E-state index contributed by atoms with van der Waals surface area (Å²) in [6.07, 6.45) is 8.27. The lowest BCUT2D eigenvalue weighted by Gasteiger charge is -2.49. The zero-order valence-electron chi connectivity index (χ0n) is 15.2. The van der Waals surface area contributed by atoms with E-state index >= 15 is 0 Å². The number of rotatable bonds is 2. The topological polar surface area (TPSA) is 91.8 Å². The van der Waals surface area contributed by atoms with E-state index in [9.17, 15) is 0 Å². The SMILES string of the molecule is COC1CCCC2Oc3ccc(-c4cncnc4)cc3C3(COC(N)=N3)C12. The van der Waals surface area contributed by atoms with Gasteiger partial charge in [0.2, 0.25) is 0 Å². The van der Waals surface area contributed by atoms with Gasteiger partial charge in [-0.15, -0.1) is 0 Å². The van der Waals surface area contributed by atoms with E-state index in [0.717, 1.165) is 41.7 Å². The number of hydrogen-bond acceptors (Lipinski definition) is 7. The van der Waals surface area contributed by atoms with Gasteiger partial charge in [-0.2, -0.15) is 0 Å². The van der Waals surface area contributed by atoms with E-state index in [0.29, 0.717) is 6.61 Å². The van der Waals surface area contributed by atoms with Crippen LogP contribution in [0, 0.1) is 5.92 Å². The summed E-state index contributed by atoms with van der Waals surface area (Å²) in [5.41, 5.74) is 8.35. The lowest BCUT2D eigenvalue weighted by Crippen LogP contribution is -2.55. The third-order valence-electron chi connectivity index (χ3n) is 6.00. The van der Waals surface area contributed by atoms with Crippen LogP contribution in [0.25, 0.3) is 11.1 Å². The Balaban J connectivity index is 1.69. The summed E-state index contributed by atoms with van der Waals surface area (Å²) in [4.78, 5) is 13.1. The Kier molecular flexibility index (Phi) is 3.79. The first-order chi connectivity index (χ1) is 13.2. The second kappa shape index (κ2) is 6.20. The van der Waals surface area contributed by atoms with Crippen LogP contribution in [0.4, 0.5) is 0 Å². The zero-order chi connectivity index (χ0) is 18.4. The van der Waals surface area contributed by atoms with Crippen LogP contribution in [0.1, 0.15) is 24.8 Å². The molecule has 1 aliphatic carbocycles. The van der Waals surface area contributed by atoms with E-state index in [4.69, 9.17) is 24.9 Å². The minimum atomic E-state index is -0.588. The van der Waals surface area contributed by atoms with Crippen molar-refractivity contribution in [3.05, 3.63) is 42.5 Å². The number of aromatic nitrogens is 2. The van der Waals surface area contributed by atoms with Crippen molar-refractivity contribution in [3.8, 4) is 16.9 Å². The van der Waals surface area contributed by atoms with Crippen LogP contribution in [0.15, 0.2) is 41.9 Å². The number of nitrogens with two attached hydrogens (primary N) is 1. The smallest absolute Gasteiger partial charge is 0.283 e. The van der Waals surface area contributed by atoms with Gasteiger partial charge in [-0.05, 0) is 37.0 Å². The molecule has 0 saturated heterocycles. The van der Waals surface area contributed by atoms with Crippen LogP contribution in [-0.2, 0) is 15.0 Å². The standard InChI is InChI=1S/C20H22N4O3/c1-25-16-3-2-4-17-18(16)20(10-26-19(21)24-20)14-7-12(5-6-15(14)27-17)13-8-22-11-23-9-13/h5-9,11,16-18H,2-4,10H2,1H3,(H2,21,24). The van der Waals surface area contributed by atoms with E-state index in [1.807, 2.05) is 12.1 Å². The van der Waals surface area contributed by atoms with Crippen molar-refractivity contribution in [2.75, 3.05) is 13.7 Å². The summed E-state index contributed by atoms with van der Waals surface area (Å²) in [7, 11) is 1.76. The molecule has 1 spiro atoms. The number of fused-ring (bicyclic) bond motifs is 4. The minimum Gasteiger partial charge on any atom is -0.490 e. The summed E-state index contributed by atoms with van der Waals surface area (Å²) < 4.78 is 17.9. The molecule has 2 N–H and O–H groups in total. The van der Waals surface area contributed by atoms with Gasteiger partial charge in [0.1, 0.15) is 30.3 Å². The minimum absolute atomic E-state index is 0.0420. The first-order valence-electron chi connectivity index (χ1n) is 9.29. The van der Waals surface area contributed by atoms with Crippen molar-refractivity contribution in [2.24, 2.45) is 16.6 Å². The van der Waals surface area contributed by atoms with Crippen molar-refractivity contribution in [1.29, 1.82) is 0 Å². The van der Waals surface area contributed by atoms with E-state index < -0.39 is 5.54 Å². The second-order valence-electron chi connectivity index (χ2n) is 7.39. The van der Waals surface area contributed by atoms with Gasteiger partial charge >= 0.3 is 0 Å². The molecule has 3 aliphatic rings. The molecule has 1 fully saturated rings. The van der Waals surface area contributed by atoms with E-state index in [-0.39, 0.29) is 24.1 Å². The number of nitrogens with zero attached hydrogens (tertiary/aromatic N) is 3. The van der Waals surface area contributed by atoms with Crippen LogP contribution in [0.3, 0.4) is 0 Å². The van der Waals surface area contributed by atoms with Crippen molar-refractivity contribution >= 4 is 6.02 Å². The predicted molar refractivity (Wildman–Crippen MR) is 99.3 cm³/mol. The molecule has 27 heavy (non-hydrogen) atoms. The van der Waals surface area contributed by atoms with E-state index in [1.165, 1.54) is 6.33 Å². The van der Waals surface area contributed by atoms with Crippen LogP contribution >= 0.6 is 0 Å². The lowest BCUT2D eigenvalue weighted by molar-refractivity contribution is -0.0866. The number of aliphatic imine (C=N–C) groups is 1. The molecule has 2 aromatic rings. The van der Waals surface area contributed by atoms with Crippen molar-refractivity contribution in [2.45, 2.75) is 37.0 Å². The molecule has 5 rings (SSSR count). The first kappa shape index (κ1) is 16.5. The summed E-state index contributed by atoms with van der Waals surface area (Å²) in [5.74, 6) is 0.905. The Morgan fingerprint density at radius 2 is 2.04 bits per heavy atom. The van der Waals surface area contributed by atoms with Gasteiger partial charge in [-0.25, -0.2) is 15.0 Å². The van der Waals surface area contributed by atoms with Crippen molar-refractivity contribution < 1.29 is 14.2 Å². The molecule has 7 nitrogen and oxygen atoms in total. The fourth-order valence-corrected chi connectivity index (χ4v) is 4.83. The van der Waals surface area contributed by atoms with Gasteiger partial charge in [0.15, 0.2) is 0 Å². The normalized spacial score (nSPS) is 31.4. The highest BCUT2D eigenvalue weighted by molar-refractivity contribution is 5.75. The Labute approximate surface area is 157 Å². The Hall–Kier alpha value is -2.67. The monoisotopic (exact) mass is 366 g/mol. The predicted octanol–water partition coefficient (Wildman–Crippen LogP) is 2.26. The van der Waals surface area contributed by atoms with E-state index in [1.54, 1.807) is 19.5 Å². The first-order valence-corrected chi connectivity index (χ1v) is 9.29. The molecule has 1 aromatic carbocycles. The van der Waals surface area contributed by atoms with Crippen LogP contribution < -0.4 is 10.5 Å². The highest BCUT2D eigenvalue weighted by atomic mass is 16.5. The molecule has 2 aliphatic heterocycles. The third kappa shape index (κ3) is 2.49. The van der Waals surface area contributed by atoms with Gasteiger partial charge in [-0.1, -0.05) is 6.07 Å². The second-order valence-corrected chi connectivity index (χ2v) is 7.39. The maximum atomic E-state index is 6.40. The largest absolute Gasteiger partial charge is 0.490 e. The van der Waals surface area contributed by atoms with E-state index in [2.05, 4.69) is 16.0 Å². The third-order valence-corrected chi connectivity index (χ3v) is 6.00. The highest BCUT2D eigenvalue weighted by Crippen LogP contribution is 2.53. The molecule has 0 amide bonds. The molecule has 1 saturated carbocycles. The number of methoxy groups -OCH3 is 1. The average molecular weight is 366 g/mol. The average Bonchev–Trinajstić information content (AvgIpc) is 3.10. The van der Waals surface area contributed by atoms with Crippen molar-refractivity contribution in [3.63, 3.8) is 0 Å². The Morgan fingerprint density at radius 3 is 2.78 bits per heavy atom. The fraction of sp³-hybridized carbons (Fsp3) is 0.450. The Morgan fingerprint density at radius 1 is 1.19 bits per heavy atom. The van der Waals surface area contributed by atoms with Gasteiger partial charge in [-0.3, -0.25) is 0 Å².